The van der Waals surface area contributed by atoms with Gasteiger partial charge in [0.2, 0.25) is 0 Å². The molecule has 1 radical (unpaired) electrons. The maximum absolute atomic E-state index is 10.6. The smallest absolute Gasteiger partial charge is 0.0502 e. The molecule has 0 aromatic heterocycles. The van der Waals surface area contributed by atoms with Gasteiger partial charge >= 0.3 is 0 Å². The number of anilines is 2. The van der Waals surface area contributed by atoms with Crippen LogP contribution in [-0.2, 0) is 50.4 Å². The van der Waals surface area contributed by atoms with Gasteiger partial charge in [-0.2, -0.15) is 0 Å². The number of hydrogen-bond donors (Lipinski definition) is 2. The van der Waals surface area contributed by atoms with Crippen LogP contribution in [0.25, 0.3) is 0 Å². The molecule has 1 atom stereocenters. The Hall–Kier alpha value is 0.0339. The van der Waals surface area contributed by atoms with Crippen molar-refractivity contribution in [3.05, 3.63) is 23.3 Å². The minimum atomic E-state index is -2.26. The minimum absolute atomic E-state index is 0. The molecule has 0 fully saturated rings. The summed E-state index contributed by atoms with van der Waals surface area (Å²) >= 11 is -2.26. The fraction of sp³-hybridized carbons (Fsp3) is 0.400. The molecule has 0 saturated carbocycles. The monoisotopic (exact) mass is 314 g/mol. The van der Waals surface area contributed by atoms with Crippen molar-refractivity contribution >= 4 is 22.6 Å². The Labute approximate surface area is 123 Å². The first kappa shape index (κ1) is 14.1. The van der Waals surface area contributed by atoms with Gasteiger partial charge in [-0.3, -0.25) is 4.21 Å². The summed E-state index contributed by atoms with van der Waals surface area (Å²) < 4.78 is 23.5. The number of nitrogens with one attached hydrogen (secondary N) is 2. The molecule has 1 heterocycles. The normalized spacial score (nSPS) is 15.4. The van der Waals surface area contributed by atoms with Crippen LogP contribution < -0.4 is 10.0 Å². The van der Waals surface area contributed by atoms with E-state index < -0.39 is 11.3 Å². The number of aryl methyl sites for hydroxylation is 2. The topological polar surface area (TPSA) is 64.2 Å². The molecule has 2 N–H and O–H groups in total. The van der Waals surface area contributed by atoms with E-state index in [4.69, 9.17) is 0 Å². The fourth-order valence-electron chi connectivity index (χ4n) is 1.84. The van der Waals surface area contributed by atoms with E-state index in [0.717, 1.165) is 30.6 Å². The molecule has 1 unspecified atom stereocenters. The molecular formula is C10H13N2O2SY-. The zero-order valence-corrected chi connectivity index (χ0v) is 12.7. The van der Waals surface area contributed by atoms with Gasteiger partial charge in [-0.1, -0.05) is 6.07 Å². The zero-order valence-electron chi connectivity index (χ0n) is 9.08. The van der Waals surface area contributed by atoms with E-state index in [9.17, 15) is 8.76 Å². The van der Waals surface area contributed by atoms with E-state index >= 15 is 0 Å². The summed E-state index contributed by atoms with van der Waals surface area (Å²) in [4.78, 5) is 0. The van der Waals surface area contributed by atoms with Gasteiger partial charge < -0.3 is 14.6 Å². The van der Waals surface area contributed by atoms with E-state index in [1.54, 1.807) is 0 Å². The molecule has 0 saturated heterocycles. The third-order valence-electron chi connectivity index (χ3n) is 2.58. The molecule has 1 aromatic rings. The van der Waals surface area contributed by atoms with Crippen LogP contribution in [0.15, 0.2) is 12.1 Å². The molecule has 1 aliphatic heterocycles. The fourth-order valence-corrected chi connectivity index (χ4v) is 2.24. The van der Waals surface area contributed by atoms with Crippen LogP contribution in [0.1, 0.15) is 17.5 Å². The summed E-state index contributed by atoms with van der Waals surface area (Å²) in [7, 11) is 0. The summed E-state index contributed by atoms with van der Waals surface area (Å²) in [5, 5.41) is 3.26. The third kappa shape index (κ3) is 3.26. The summed E-state index contributed by atoms with van der Waals surface area (Å²) in [6, 6.07) is 3.90. The molecule has 0 amide bonds. The van der Waals surface area contributed by atoms with Gasteiger partial charge in [-0.25, -0.2) is 0 Å². The van der Waals surface area contributed by atoms with Gasteiger partial charge in [-0.15, -0.1) is 0 Å². The van der Waals surface area contributed by atoms with E-state index in [2.05, 4.69) is 10.0 Å². The van der Waals surface area contributed by atoms with Crippen molar-refractivity contribution in [3.63, 3.8) is 0 Å². The van der Waals surface area contributed by atoms with E-state index in [0.29, 0.717) is 5.69 Å². The minimum Gasteiger partial charge on any atom is -0.755 e. The van der Waals surface area contributed by atoms with Crippen LogP contribution in [0.2, 0.25) is 0 Å². The second-order valence-corrected chi connectivity index (χ2v) is 4.36. The molecule has 0 aliphatic carbocycles. The quantitative estimate of drug-likeness (QED) is 0.814. The predicted molar refractivity (Wildman–Crippen MR) is 60.5 cm³/mol. The predicted octanol–water partition coefficient (Wildman–Crippen LogP) is 1.56. The average molecular weight is 314 g/mol. The average Bonchev–Trinajstić information content (AvgIpc) is 2.18. The number of benzene rings is 1. The van der Waals surface area contributed by atoms with E-state index in [1.165, 1.54) is 5.56 Å². The van der Waals surface area contributed by atoms with Gasteiger partial charge in [0.05, 0.1) is 5.69 Å². The maximum atomic E-state index is 10.6. The van der Waals surface area contributed by atoms with Crippen molar-refractivity contribution in [2.75, 3.05) is 16.6 Å². The molecule has 6 heteroatoms. The van der Waals surface area contributed by atoms with Gasteiger partial charge in [-0.05, 0) is 37.0 Å². The number of rotatable bonds is 2. The van der Waals surface area contributed by atoms with Gasteiger partial charge in [0, 0.05) is 56.2 Å². The largest absolute Gasteiger partial charge is 0.755 e. The molecule has 1 aromatic carbocycles. The van der Waals surface area contributed by atoms with Crippen LogP contribution in [0.3, 0.4) is 0 Å². The van der Waals surface area contributed by atoms with Gasteiger partial charge in [0.25, 0.3) is 0 Å². The van der Waals surface area contributed by atoms with Crippen LogP contribution in [0, 0.1) is 6.92 Å². The molecule has 1 aliphatic rings. The van der Waals surface area contributed by atoms with Crippen LogP contribution in [0.4, 0.5) is 11.4 Å². The number of fused-ring (bicyclic) bond motifs is 1. The molecule has 2 rings (SSSR count). The zero-order chi connectivity index (χ0) is 10.8. The second kappa shape index (κ2) is 6.10. The SMILES string of the molecule is Cc1cc2c(cc1NS(=O)[O-])NCCC2.[Y]. The molecule has 0 spiro atoms. The van der Waals surface area contributed by atoms with Crippen LogP contribution in [-0.4, -0.2) is 15.3 Å². The molecular weight excluding hydrogens is 301 g/mol. The van der Waals surface area contributed by atoms with Crippen molar-refractivity contribution in [2.24, 2.45) is 0 Å². The first-order valence-corrected chi connectivity index (χ1v) is 5.97. The van der Waals surface area contributed by atoms with Crippen molar-refractivity contribution in [3.8, 4) is 0 Å². The van der Waals surface area contributed by atoms with Crippen molar-refractivity contribution in [2.45, 2.75) is 19.8 Å². The summed E-state index contributed by atoms with van der Waals surface area (Å²) in [6.45, 7) is 2.86. The van der Waals surface area contributed by atoms with E-state index in [-0.39, 0.29) is 32.7 Å². The maximum Gasteiger partial charge on any atom is 0.0502 e. The third-order valence-corrected chi connectivity index (χ3v) is 2.97. The molecule has 0 bridgehead atoms. The van der Waals surface area contributed by atoms with E-state index in [1.807, 2.05) is 19.1 Å². The van der Waals surface area contributed by atoms with Crippen molar-refractivity contribution in [1.29, 1.82) is 0 Å². The van der Waals surface area contributed by atoms with Crippen molar-refractivity contribution in [1.82, 2.24) is 0 Å². The van der Waals surface area contributed by atoms with Crippen LogP contribution >= 0.6 is 0 Å². The Balaban J connectivity index is 0.00000128. The Morgan fingerprint density at radius 3 is 2.94 bits per heavy atom. The first-order valence-electron chi connectivity index (χ1n) is 4.90. The van der Waals surface area contributed by atoms with Crippen LogP contribution in [0.5, 0.6) is 0 Å². The summed E-state index contributed by atoms with van der Waals surface area (Å²) in [6.07, 6.45) is 2.19. The Bertz CT molecular complexity index is 412. The standard InChI is InChI=1S/C10H14N2O2S.Y/c1-7-5-8-3-2-4-11-10(8)6-9(7)12-15(13)14;/h5-6,11-12H,2-4H2,1H3,(H,13,14);/p-1. The van der Waals surface area contributed by atoms with Crippen molar-refractivity contribution < 1.29 is 41.5 Å². The molecule has 4 nitrogen and oxygen atoms in total. The first-order chi connectivity index (χ1) is 7.16. The summed E-state index contributed by atoms with van der Waals surface area (Å²) in [5.74, 6) is 0. The Morgan fingerprint density at radius 2 is 2.25 bits per heavy atom. The van der Waals surface area contributed by atoms with Gasteiger partial charge in [0.1, 0.15) is 0 Å². The molecule has 16 heavy (non-hydrogen) atoms. The Kier molecular flexibility index (Phi) is 5.37. The second-order valence-electron chi connectivity index (χ2n) is 3.69. The Morgan fingerprint density at radius 1 is 1.50 bits per heavy atom. The number of hydrogen-bond acceptors (Lipinski definition) is 3. The summed E-state index contributed by atoms with van der Waals surface area (Å²) in [5.41, 5.74) is 3.92. The van der Waals surface area contributed by atoms with Gasteiger partial charge in [0.15, 0.2) is 0 Å². The molecule has 85 valence electrons.